The van der Waals surface area contributed by atoms with Crippen molar-refractivity contribution in [3.05, 3.63) is 28.8 Å². The molecule has 19 heavy (non-hydrogen) atoms. The molecule has 0 radical (unpaired) electrons. The first-order chi connectivity index (χ1) is 9.04. The number of amides is 2. The third-order valence-electron chi connectivity index (χ3n) is 3.62. The van der Waals surface area contributed by atoms with E-state index in [2.05, 4.69) is 17.7 Å². The molecule has 1 fully saturated rings. The smallest absolute Gasteiger partial charge is 0.319 e. The molecule has 1 heterocycles. The van der Waals surface area contributed by atoms with Gasteiger partial charge in [0.15, 0.2) is 0 Å². The van der Waals surface area contributed by atoms with Gasteiger partial charge < -0.3 is 15.5 Å². The maximum Gasteiger partial charge on any atom is 0.319 e. The second kappa shape index (κ2) is 6.26. The summed E-state index contributed by atoms with van der Waals surface area (Å²) in [4.78, 5) is 13.5. The molecule has 0 unspecified atom stereocenters. The second-order valence-electron chi connectivity index (χ2n) is 5.29. The van der Waals surface area contributed by atoms with Crippen molar-refractivity contribution in [1.29, 1.82) is 0 Å². The molecule has 104 valence electrons. The molecule has 0 aliphatic carbocycles. The van der Waals surface area contributed by atoms with Crippen molar-refractivity contribution >= 4 is 23.3 Å². The molecule has 1 saturated heterocycles. The molecular weight excluding hydrogens is 262 g/mol. The molecule has 1 aliphatic heterocycles. The quantitative estimate of drug-likeness (QED) is 0.755. The van der Waals surface area contributed by atoms with Gasteiger partial charge in [-0.3, -0.25) is 0 Å². The van der Waals surface area contributed by atoms with Crippen LogP contribution in [0.1, 0.15) is 18.4 Å². The Morgan fingerprint density at radius 1 is 1.37 bits per heavy atom. The fourth-order valence-electron chi connectivity index (χ4n) is 2.33. The lowest BCUT2D eigenvalue weighted by atomic mass is 10.1. The normalized spacial score (nSPS) is 22.9. The third kappa shape index (κ3) is 4.11. The van der Waals surface area contributed by atoms with Gasteiger partial charge in [-0.1, -0.05) is 17.7 Å². The van der Waals surface area contributed by atoms with E-state index in [-0.39, 0.29) is 12.1 Å². The Balaban J connectivity index is 1.89. The summed E-state index contributed by atoms with van der Waals surface area (Å²) in [6.45, 7) is 4.17. The number of carbonyl (C=O) groups is 1. The number of aryl methyl sites for hydroxylation is 1. The zero-order valence-electron chi connectivity index (χ0n) is 11.4. The number of halogens is 1. The molecular formula is C14H21ClN3O+. The summed E-state index contributed by atoms with van der Waals surface area (Å²) in [5, 5.41) is 6.52. The van der Waals surface area contributed by atoms with E-state index in [9.17, 15) is 4.79 Å². The highest BCUT2D eigenvalue weighted by atomic mass is 35.5. The largest absolute Gasteiger partial charge is 0.337 e. The van der Waals surface area contributed by atoms with Crippen molar-refractivity contribution in [3.63, 3.8) is 0 Å². The molecule has 1 aromatic carbocycles. The number of hydrogen-bond acceptors (Lipinski definition) is 1. The number of hydrogen-bond donors (Lipinski definition) is 3. The van der Waals surface area contributed by atoms with E-state index in [0.29, 0.717) is 5.02 Å². The standard InChI is InChI=1S/C14H20ClN3O/c1-10-3-4-11(15)9-13(10)17-14(19)16-12-5-7-18(2)8-6-12/h3-4,9,12H,5-8H2,1-2H3,(H2,16,17,19)/p+1. The Bertz CT molecular complexity index is 456. The maximum atomic E-state index is 12.0. The molecule has 0 saturated carbocycles. The minimum absolute atomic E-state index is 0.144. The predicted molar refractivity (Wildman–Crippen MR) is 78.0 cm³/mol. The van der Waals surface area contributed by atoms with E-state index >= 15 is 0 Å². The highest BCUT2D eigenvalue weighted by molar-refractivity contribution is 6.31. The van der Waals surface area contributed by atoms with Crippen LogP contribution in [0.4, 0.5) is 10.5 Å². The van der Waals surface area contributed by atoms with Crippen molar-refractivity contribution < 1.29 is 9.69 Å². The van der Waals surface area contributed by atoms with E-state index in [1.54, 1.807) is 6.07 Å². The Labute approximate surface area is 119 Å². The first-order valence-electron chi connectivity index (χ1n) is 6.69. The first kappa shape index (κ1) is 14.2. The molecule has 1 aromatic rings. The number of benzene rings is 1. The second-order valence-corrected chi connectivity index (χ2v) is 5.73. The highest BCUT2D eigenvalue weighted by Crippen LogP contribution is 2.20. The predicted octanol–water partition coefficient (Wildman–Crippen LogP) is 1.45. The number of likely N-dealkylation sites (tertiary alicyclic amines) is 1. The number of rotatable bonds is 2. The van der Waals surface area contributed by atoms with Crippen LogP contribution in [0.5, 0.6) is 0 Å². The Hall–Kier alpha value is -1.26. The van der Waals surface area contributed by atoms with Crippen LogP contribution in [-0.2, 0) is 0 Å². The van der Waals surface area contributed by atoms with Crippen molar-refractivity contribution in [2.45, 2.75) is 25.8 Å². The number of anilines is 1. The fraction of sp³-hybridized carbons (Fsp3) is 0.500. The highest BCUT2D eigenvalue weighted by Gasteiger charge is 2.20. The molecule has 2 amide bonds. The van der Waals surface area contributed by atoms with Crippen LogP contribution in [-0.4, -0.2) is 32.2 Å². The number of quaternary nitrogens is 1. The van der Waals surface area contributed by atoms with Crippen LogP contribution < -0.4 is 15.5 Å². The summed E-state index contributed by atoms with van der Waals surface area (Å²) < 4.78 is 0. The molecule has 4 nitrogen and oxygen atoms in total. The van der Waals surface area contributed by atoms with Gasteiger partial charge in [0.25, 0.3) is 0 Å². The van der Waals surface area contributed by atoms with E-state index < -0.39 is 0 Å². The Kier molecular flexibility index (Phi) is 4.66. The van der Waals surface area contributed by atoms with Crippen molar-refractivity contribution in [2.75, 3.05) is 25.5 Å². The number of piperidine rings is 1. The number of urea groups is 1. The van der Waals surface area contributed by atoms with Crippen LogP contribution in [0.3, 0.4) is 0 Å². The minimum atomic E-state index is -0.144. The molecule has 5 heteroatoms. The average molecular weight is 283 g/mol. The SMILES string of the molecule is Cc1ccc(Cl)cc1NC(=O)NC1CC[NH+](C)CC1. The first-order valence-corrected chi connectivity index (χ1v) is 7.07. The molecule has 0 atom stereocenters. The molecule has 2 rings (SSSR count). The van der Waals surface area contributed by atoms with Gasteiger partial charge >= 0.3 is 6.03 Å². The molecule has 0 aromatic heterocycles. The van der Waals surface area contributed by atoms with Gasteiger partial charge in [-0.05, 0) is 24.6 Å². The zero-order valence-corrected chi connectivity index (χ0v) is 12.2. The van der Waals surface area contributed by atoms with Crippen LogP contribution >= 0.6 is 11.6 Å². The summed E-state index contributed by atoms with van der Waals surface area (Å²) >= 11 is 5.93. The van der Waals surface area contributed by atoms with Crippen LogP contribution in [0.25, 0.3) is 0 Å². The van der Waals surface area contributed by atoms with Gasteiger partial charge in [-0.15, -0.1) is 0 Å². The molecule has 1 aliphatic rings. The van der Waals surface area contributed by atoms with Crippen LogP contribution in [0.2, 0.25) is 5.02 Å². The van der Waals surface area contributed by atoms with Gasteiger partial charge in [-0.25, -0.2) is 4.79 Å². The maximum absolute atomic E-state index is 12.0. The van der Waals surface area contributed by atoms with Crippen LogP contribution in [0.15, 0.2) is 18.2 Å². The topological polar surface area (TPSA) is 45.6 Å². The average Bonchev–Trinajstić information content (AvgIpc) is 2.37. The molecule has 3 N–H and O–H groups in total. The van der Waals surface area contributed by atoms with Gasteiger partial charge in [0, 0.05) is 29.6 Å². The Morgan fingerprint density at radius 3 is 2.74 bits per heavy atom. The van der Waals surface area contributed by atoms with Crippen LogP contribution in [0, 0.1) is 6.92 Å². The fourth-order valence-corrected chi connectivity index (χ4v) is 2.50. The molecule has 0 spiro atoms. The lowest BCUT2D eigenvalue weighted by molar-refractivity contribution is -0.884. The van der Waals surface area contributed by atoms with E-state index in [4.69, 9.17) is 11.6 Å². The number of carbonyl (C=O) groups excluding carboxylic acids is 1. The number of nitrogens with one attached hydrogen (secondary N) is 3. The van der Waals surface area contributed by atoms with Gasteiger partial charge in [0.1, 0.15) is 0 Å². The zero-order chi connectivity index (χ0) is 13.8. The monoisotopic (exact) mass is 282 g/mol. The van der Waals surface area contributed by atoms with Crippen molar-refractivity contribution in [3.8, 4) is 0 Å². The van der Waals surface area contributed by atoms with Gasteiger partial charge in [-0.2, -0.15) is 0 Å². The van der Waals surface area contributed by atoms with Gasteiger partial charge in [0.05, 0.1) is 20.1 Å². The Morgan fingerprint density at radius 2 is 2.05 bits per heavy atom. The summed E-state index contributed by atoms with van der Waals surface area (Å²) in [6, 6.07) is 5.63. The van der Waals surface area contributed by atoms with E-state index in [1.165, 1.54) is 4.90 Å². The van der Waals surface area contributed by atoms with Gasteiger partial charge in [0.2, 0.25) is 0 Å². The van der Waals surface area contributed by atoms with Crippen molar-refractivity contribution in [2.24, 2.45) is 0 Å². The summed E-state index contributed by atoms with van der Waals surface area (Å²) in [5.74, 6) is 0. The van der Waals surface area contributed by atoms with E-state index in [1.807, 2.05) is 19.1 Å². The minimum Gasteiger partial charge on any atom is -0.337 e. The lowest BCUT2D eigenvalue weighted by Gasteiger charge is -2.27. The molecule has 0 bridgehead atoms. The summed E-state index contributed by atoms with van der Waals surface area (Å²) in [6.07, 6.45) is 2.07. The van der Waals surface area contributed by atoms with Crippen molar-refractivity contribution in [1.82, 2.24) is 5.32 Å². The summed E-state index contributed by atoms with van der Waals surface area (Å²) in [7, 11) is 2.19. The third-order valence-corrected chi connectivity index (χ3v) is 3.86. The summed E-state index contributed by atoms with van der Waals surface area (Å²) in [5.41, 5.74) is 1.77. The van der Waals surface area contributed by atoms with E-state index in [0.717, 1.165) is 37.2 Å². The lowest BCUT2D eigenvalue weighted by Crippen LogP contribution is -3.10.